The van der Waals surface area contributed by atoms with Gasteiger partial charge in [-0.15, -0.1) is 0 Å². The van der Waals surface area contributed by atoms with Crippen molar-refractivity contribution >= 4 is 23.5 Å². The molecular formula is C10H19NOS2. The molecule has 2 nitrogen and oxygen atoms in total. The maximum atomic E-state index is 5.34. The lowest BCUT2D eigenvalue weighted by atomic mass is 10.1. The van der Waals surface area contributed by atoms with E-state index in [2.05, 4.69) is 28.8 Å². The highest BCUT2D eigenvalue weighted by molar-refractivity contribution is 8.06. The van der Waals surface area contributed by atoms with Gasteiger partial charge in [-0.3, -0.25) is 0 Å². The molecule has 2 rings (SSSR count). The van der Waals surface area contributed by atoms with Crippen molar-refractivity contribution in [3.05, 3.63) is 0 Å². The van der Waals surface area contributed by atoms with E-state index >= 15 is 0 Å². The molecule has 82 valence electrons. The number of hydrogen-bond donors (Lipinski definition) is 1. The van der Waals surface area contributed by atoms with Crippen molar-refractivity contribution in [1.82, 2.24) is 5.32 Å². The summed E-state index contributed by atoms with van der Waals surface area (Å²) in [7, 11) is 0. The van der Waals surface area contributed by atoms with Gasteiger partial charge in [0.25, 0.3) is 0 Å². The fourth-order valence-corrected chi connectivity index (χ4v) is 4.48. The molecule has 0 amide bonds. The molecule has 2 fully saturated rings. The zero-order valence-corrected chi connectivity index (χ0v) is 10.2. The Morgan fingerprint density at radius 3 is 2.79 bits per heavy atom. The van der Waals surface area contributed by atoms with E-state index in [1.165, 1.54) is 36.6 Å². The largest absolute Gasteiger partial charge is 0.381 e. The number of thioether (sulfide) groups is 2. The molecule has 0 spiro atoms. The standard InChI is InChI=1S/C10H19NOS2/c1-3-12-4-2-9(1)11-7-10-8-13-5-6-14-10/h9-11H,1-8H2. The third-order valence-corrected chi connectivity index (χ3v) is 5.59. The highest BCUT2D eigenvalue weighted by atomic mass is 32.2. The zero-order chi connectivity index (χ0) is 9.64. The van der Waals surface area contributed by atoms with Gasteiger partial charge in [-0.2, -0.15) is 23.5 Å². The molecule has 1 unspecified atom stereocenters. The van der Waals surface area contributed by atoms with Gasteiger partial charge in [0.2, 0.25) is 0 Å². The van der Waals surface area contributed by atoms with Gasteiger partial charge >= 0.3 is 0 Å². The monoisotopic (exact) mass is 233 g/mol. The summed E-state index contributed by atoms with van der Waals surface area (Å²) in [6.07, 6.45) is 2.40. The first-order chi connectivity index (χ1) is 6.95. The highest BCUT2D eigenvalue weighted by Crippen LogP contribution is 2.23. The topological polar surface area (TPSA) is 21.3 Å². The summed E-state index contributed by atoms with van der Waals surface area (Å²) in [5.41, 5.74) is 0. The molecule has 0 saturated carbocycles. The quantitative estimate of drug-likeness (QED) is 0.799. The van der Waals surface area contributed by atoms with Crippen molar-refractivity contribution in [3.8, 4) is 0 Å². The Kier molecular flexibility index (Phi) is 4.97. The van der Waals surface area contributed by atoms with Crippen molar-refractivity contribution in [3.63, 3.8) is 0 Å². The molecule has 2 heterocycles. The van der Waals surface area contributed by atoms with Crippen molar-refractivity contribution in [2.45, 2.75) is 24.1 Å². The van der Waals surface area contributed by atoms with E-state index < -0.39 is 0 Å². The first-order valence-corrected chi connectivity index (χ1v) is 7.66. The number of ether oxygens (including phenoxy) is 1. The summed E-state index contributed by atoms with van der Waals surface area (Å²) >= 11 is 4.24. The highest BCUT2D eigenvalue weighted by Gasteiger charge is 2.17. The van der Waals surface area contributed by atoms with Crippen LogP contribution in [0.4, 0.5) is 0 Å². The van der Waals surface area contributed by atoms with Crippen molar-refractivity contribution in [1.29, 1.82) is 0 Å². The summed E-state index contributed by atoms with van der Waals surface area (Å²) in [6, 6.07) is 0.719. The van der Waals surface area contributed by atoms with Crippen LogP contribution in [-0.4, -0.2) is 48.3 Å². The molecule has 0 radical (unpaired) electrons. The second kappa shape index (κ2) is 6.26. The second-order valence-corrected chi connectivity index (χ2v) is 6.42. The van der Waals surface area contributed by atoms with Crippen LogP contribution in [0, 0.1) is 0 Å². The van der Waals surface area contributed by atoms with Crippen molar-refractivity contribution in [2.24, 2.45) is 0 Å². The van der Waals surface area contributed by atoms with E-state index in [9.17, 15) is 0 Å². The van der Waals surface area contributed by atoms with Gasteiger partial charge in [0.1, 0.15) is 0 Å². The average molecular weight is 233 g/mol. The Labute approximate surface area is 94.9 Å². The Morgan fingerprint density at radius 1 is 1.21 bits per heavy atom. The molecular weight excluding hydrogens is 214 g/mol. The minimum atomic E-state index is 0.719. The molecule has 0 aromatic heterocycles. The maximum Gasteiger partial charge on any atom is 0.0480 e. The van der Waals surface area contributed by atoms with Crippen LogP contribution < -0.4 is 5.32 Å². The Bertz CT molecular complexity index is 138. The molecule has 0 aliphatic carbocycles. The molecule has 0 aromatic rings. The molecule has 2 aliphatic heterocycles. The molecule has 0 bridgehead atoms. The normalized spacial score (nSPS) is 30.4. The van der Waals surface area contributed by atoms with Crippen LogP contribution in [0.1, 0.15) is 12.8 Å². The molecule has 1 N–H and O–H groups in total. The maximum absolute atomic E-state index is 5.34. The Balaban J connectivity index is 1.60. The van der Waals surface area contributed by atoms with E-state index in [4.69, 9.17) is 4.74 Å². The molecule has 0 aromatic carbocycles. The van der Waals surface area contributed by atoms with Crippen LogP contribution in [0.3, 0.4) is 0 Å². The van der Waals surface area contributed by atoms with Crippen LogP contribution in [0.2, 0.25) is 0 Å². The SMILES string of the molecule is C1CC(NCC2CSCCS2)CCO1. The van der Waals surface area contributed by atoms with Crippen molar-refractivity contribution < 1.29 is 4.74 Å². The lowest BCUT2D eigenvalue weighted by molar-refractivity contribution is 0.0782. The van der Waals surface area contributed by atoms with Crippen LogP contribution in [0.15, 0.2) is 0 Å². The van der Waals surface area contributed by atoms with E-state index in [-0.39, 0.29) is 0 Å². The molecule has 2 aliphatic rings. The fraction of sp³-hybridized carbons (Fsp3) is 1.00. The molecule has 2 saturated heterocycles. The fourth-order valence-electron chi connectivity index (χ4n) is 1.85. The molecule has 14 heavy (non-hydrogen) atoms. The van der Waals surface area contributed by atoms with Crippen molar-refractivity contribution in [2.75, 3.05) is 37.0 Å². The zero-order valence-electron chi connectivity index (χ0n) is 8.54. The summed E-state index contributed by atoms with van der Waals surface area (Å²) in [6.45, 7) is 3.09. The predicted molar refractivity (Wildman–Crippen MR) is 65.4 cm³/mol. The van der Waals surface area contributed by atoms with Gasteiger partial charge in [-0.25, -0.2) is 0 Å². The van der Waals surface area contributed by atoms with Gasteiger partial charge in [-0.1, -0.05) is 0 Å². The van der Waals surface area contributed by atoms with Crippen LogP contribution in [0.25, 0.3) is 0 Å². The average Bonchev–Trinajstić information content (AvgIpc) is 2.29. The van der Waals surface area contributed by atoms with E-state index in [0.717, 1.165) is 24.5 Å². The lowest BCUT2D eigenvalue weighted by Crippen LogP contribution is -2.39. The summed E-state index contributed by atoms with van der Waals surface area (Å²) < 4.78 is 5.34. The molecule has 1 atom stereocenters. The Hall–Kier alpha value is 0.620. The third kappa shape index (κ3) is 3.65. The van der Waals surface area contributed by atoms with E-state index in [1.807, 2.05) is 0 Å². The second-order valence-electron chi connectivity index (χ2n) is 3.86. The summed E-state index contributed by atoms with van der Waals surface area (Å²) in [4.78, 5) is 0. The summed E-state index contributed by atoms with van der Waals surface area (Å²) in [5.74, 6) is 4.02. The third-order valence-electron chi connectivity index (χ3n) is 2.74. The smallest absolute Gasteiger partial charge is 0.0480 e. The van der Waals surface area contributed by atoms with Gasteiger partial charge < -0.3 is 10.1 Å². The van der Waals surface area contributed by atoms with Gasteiger partial charge in [-0.05, 0) is 12.8 Å². The minimum absolute atomic E-state index is 0.719. The summed E-state index contributed by atoms with van der Waals surface area (Å²) in [5, 5.41) is 4.52. The number of rotatable bonds is 3. The number of nitrogens with one attached hydrogen (secondary N) is 1. The lowest BCUT2D eigenvalue weighted by Gasteiger charge is -2.27. The van der Waals surface area contributed by atoms with E-state index in [1.54, 1.807) is 0 Å². The number of hydrogen-bond acceptors (Lipinski definition) is 4. The van der Waals surface area contributed by atoms with Gasteiger partial charge in [0.15, 0.2) is 0 Å². The van der Waals surface area contributed by atoms with Crippen LogP contribution in [-0.2, 0) is 4.74 Å². The van der Waals surface area contributed by atoms with Crippen LogP contribution in [0.5, 0.6) is 0 Å². The predicted octanol–water partition coefficient (Wildman–Crippen LogP) is 1.60. The van der Waals surface area contributed by atoms with Crippen LogP contribution >= 0.6 is 23.5 Å². The first-order valence-electron chi connectivity index (χ1n) is 5.45. The van der Waals surface area contributed by atoms with Gasteiger partial charge in [0.05, 0.1) is 0 Å². The van der Waals surface area contributed by atoms with Gasteiger partial charge in [0, 0.05) is 48.3 Å². The first kappa shape index (κ1) is 11.1. The molecule has 4 heteroatoms. The van der Waals surface area contributed by atoms with E-state index in [0.29, 0.717) is 0 Å². The Morgan fingerprint density at radius 2 is 2.07 bits per heavy atom. The minimum Gasteiger partial charge on any atom is -0.381 e.